The minimum Gasteiger partial charge on any atom is -0.393 e. The number of halogens is 3. The molecule has 1 saturated carbocycles. The molecule has 2 rings (SSSR count). The molecule has 2 nitrogen and oxygen atoms in total. The van der Waals surface area contributed by atoms with Gasteiger partial charge < -0.3 is 10.4 Å². The van der Waals surface area contributed by atoms with Crippen molar-refractivity contribution >= 4 is 23.2 Å². The highest BCUT2D eigenvalue weighted by Crippen LogP contribution is 2.29. The summed E-state index contributed by atoms with van der Waals surface area (Å²) in [6.45, 7) is 2.65. The second kappa shape index (κ2) is 7.08. The van der Waals surface area contributed by atoms with Gasteiger partial charge in [-0.15, -0.1) is 0 Å². The van der Waals surface area contributed by atoms with Crippen LogP contribution in [0, 0.1) is 11.7 Å². The van der Waals surface area contributed by atoms with E-state index in [9.17, 15) is 9.50 Å². The molecule has 1 aromatic carbocycles. The van der Waals surface area contributed by atoms with E-state index in [4.69, 9.17) is 23.2 Å². The first-order valence-electron chi connectivity index (χ1n) is 7.05. The van der Waals surface area contributed by atoms with Crippen LogP contribution in [0.4, 0.5) is 4.39 Å². The highest BCUT2D eigenvalue weighted by atomic mass is 35.5. The van der Waals surface area contributed by atoms with Crippen LogP contribution in [0.2, 0.25) is 10.0 Å². The van der Waals surface area contributed by atoms with Gasteiger partial charge >= 0.3 is 0 Å². The van der Waals surface area contributed by atoms with Crippen molar-refractivity contribution in [1.29, 1.82) is 0 Å². The second-order valence-corrected chi connectivity index (χ2v) is 6.34. The predicted octanol–water partition coefficient (Wildman–Crippen LogP) is 4.33. The smallest absolute Gasteiger partial charge is 0.142 e. The fraction of sp³-hybridized carbons (Fsp3) is 0.600. The molecule has 112 valence electrons. The van der Waals surface area contributed by atoms with Crippen LogP contribution < -0.4 is 5.32 Å². The quantitative estimate of drug-likeness (QED) is 0.809. The zero-order valence-corrected chi connectivity index (χ0v) is 13.0. The van der Waals surface area contributed by atoms with Gasteiger partial charge in [0.05, 0.1) is 11.1 Å². The molecule has 1 fully saturated rings. The lowest BCUT2D eigenvalue weighted by molar-refractivity contribution is 0.0684. The van der Waals surface area contributed by atoms with Crippen LogP contribution in [-0.2, 0) is 0 Å². The summed E-state index contributed by atoms with van der Waals surface area (Å²) in [7, 11) is 0. The molecule has 0 heterocycles. The first kappa shape index (κ1) is 16.0. The van der Waals surface area contributed by atoms with Crippen molar-refractivity contribution in [2.45, 2.75) is 44.8 Å². The van der Waals surface area contributed by atoms with E-state index in [1.165, 1.54) is 12.1 Å². The SMILES string of the molecule is CC(NCC1CCCCC1O)c1cc(F)c(Cl)cc1Cl. The molecular weight excluding hydrogens is 300 g/mol. The third-order valence-electron chi connectivity index (χ3n) is 4.06. The lowest BCUT2D eigenvalue weighted by Gasteiger charge is -2.29. The minimum absolute atomic E-state index is 0.0358. The van der Waals surface area contributed by atoms with E-state index in [0.29, 0.717) is 17.1 Å². The summed E-state index contributed by atoms with van der Waals surface area (Å²) in [6.07, 6.45) is 3.93. The first-order chi connectivity index (χ1) is 9.49. The molecule has 20 heavy (non-hydrogen) atoms. The zero-order chi connectivity index (χ0) is 14.7. The molecule has 1 aliphatic carbocycles. The van der Waals surface area contributed by atoms with Crippen molar-refractivity contribution in [2.24, 2.45) is 5.92 Å². The van der Waals surface area contributed by atoms with E-state index >= 15 is 0 Å². The van der Waals surface area contributed by atoms with Crippen LogP contribution in [0.1, 0.15) is 44.2 Å². The highest BCUT2D eigenvalue weighted by molar-refractivity contribution is 6.35. The van der Waals surface area contributed by atoms with Gasteiger partial charge in [0.25, 0.3) is 0 Å². The molecule has 1 aliphatic rings. The van der Waals surface area contributed by atoms with E-state index < -0.39 is 5.82 Å². The molecule has 0 saturated heterocycles. The van der Waals surface area contributed by atoms with E-state index in [2.05, 4.69) is 5.32 Å². The van der Waals surface area contributed by atoms with Crippen LogP contribution in [-0.4, -0.2) is 17.8 Å². The summed E-state index contributed by atoms with van der Waals surface area (Å²) in [6, 6.07) is 2.73. The lowest BCUT2D eigenvalue weighted by Crippen LogP contribution is -2.35. The number of nitrogens with one attached hydrogen (secondary N) is 1. The summed E-state index contributed by atoms with van der Waals surface area (Å²) in [5.74, 6) is -0.195. The van der Waals surface area contributed by atoms with Crippen molar-refractivity contribution in [1.82, 2.24) is 5.32 Å². The maximum atomic E-state index is 13.5. The summed E-state index contributed by atoms with van der Waals surface area (Å²) >= 11 is 11.8. The fourth-order valence-electron chi connectivity index (χ4n) is 2.73. The van der Waals surface area contributed by atoms with Crippen LogP contribution >= 0.6 is 23.2 Å². The van der Waals surface area contributed by atoms with E-state index in [1.54, 1.807) is 0 Å². The standard InChI is InChI=1S/C15H20Cl2FNO/c1-9(11-6-14(18)13(17)7-12(11)16)19-8-10-4-2-3-5-15(10)20/h6-7,9-10,15,19-20H,2-5,8H2,1H3. The van der Waals surface area contributed by atoms with Gasteiger partial charge in [0.1, 0.15) is 5.82 Å². The molecule has 2 N–H and O–H groups in total. The number of hydrogen-bond acceptors (Lipinski definition) is 2. The Bertz CT molecular complexity index is 469. The van der Waals surface area contributed by atoms with E-state index in [1.807, 2.05) is 6.92 Å². The van der Waals surface area contributed by atoms with E-state index in [-0.39, 0.29) is 23.1 Å². The van der Waals surface area contributed by atoms with Gasteiger partial charge in [-0.1, -0.05) is 36.0 Å². The van der Waals surface area contributed by atoms with Crippen LogP contribution in [0.3, 0.4) is 0 Å². The average Bonchev–Trinajstić information content (AvgIpc) is 2.41. The maximum Gasteiger partial charge on any atom is 0.142 e. The number of rotatable bonds is 4. The summed E-state index contributed by atoms with van der Waals surface area (Å²) < 4.78 is 13.5. The molecule has 0 radical (unpaired) electrons. The topological polar surface area (TPSA) is 32.3 Å². The van der Waals surface area contributed by atoms with Crippen LogP contribution in [0.15, 0.2) is 12.1 Å². The third-order valence-corrected chi connectivity index (χ3v) is 4.68. The summed E-state index contributed by atoms with van der Waals surface area (Å²) in [4.78, 5) is 0. The molecule has 1 aromatic rings. The van der Waals surface area contributed by atoms with E-state index in [0.717, 1.165) is 25.7 Å². The molecule has 5 heteroatoms. The Morgan fingerprint density at radius 2 is 2.00 bits per heavy atom. The van der Waals surface area contributed by atoms with Crippen LogP contribution in [0.25, 0.3) is 0 Å². The van der Waals surface area contributed by atoms with Gasteiger partial charge in [-0.3, -0.25) is 0 Å². The molecule has 3 unspecified atom stereocenters. The summed E-state index contributed by atoms with van der Waals surface area (Å²) in [5.41, 5.74) is 0.693. The van der Waals surface area contributed by atoms with Crippen molar-refractivity contribution in [3.8, 4) is 0 Å². The molecule has 0 aromatic heterocycles. The zero-order valence-electron chi connectivity index (χ0n) is 11.5. The Balaban J connectivity index is 1.97. The third kappa shape index (κ3) is 3.85. The summed E-state index contributed by atoms with van der Waals surface area (Å²) in [5, 5.41) is 13.8. The number of aliphatic hydroxyl groups is 1. The van der Waals surface area contributed by atoms with Gasteiger partial charge in [-0.25, -0.2) is 4.39 Å². The van der Waals surface area contributed by atoms with Crippen molar-refractivity contribution in [2.75, 3.05) is 6.54 Å². The Kier molecular flexibility index (Phi) is 5.67. The normalized spacial score (nSPS) is 24.6. The predicted molar refractivity (Wildman–Crippen MR) is 80.8 cm³/mol. The molecule has 3 atom stereocenters. The minimum atomic E-state index is -0.461. The second-order valence-electron chi connectivity index (χ2n) is 5.53. The van der Waals surface area contributed by atoms with Crippen molar-refractivity contribution in [3.05, 3.63) is 33.6 Å². The first-order valence-corrected chi connectivity index (χ1v) is 7.80. The lowest BCUT2D eigenvalue weighted by atomic mass is 9.86. The van der Waals surface area contributed by atoms with Crippen molar-refractivity contribution < 1.29 is 9.50 Å². The number of hydrogen-bond donors (Lipinski definition) is 2. The van der Waals surface area contributed by atoms with Gasteiger partial charge in [-0.05, 0) is 43.4 Å². The Hall–Kier alpha value is -0.350. The van der Waals surface area contributed by atoms with Gasteiger partial charge in [-0.2, -0.15) is 0 Å². The molecule has 0 amide bonds. The molecular formula is C15H20Cl2FNO. The Morgan fingerprint density at radius 1 is 1.30 bits per heavy atom. The van der Waals surface area contributed by atoms with Gasteiger partial charge in [0.2, 0.25) is 0 Å². The molecule has 0 bridgehead atoms. The number of benzene rings is 1. The monoisotopic (exact) mass is 319 g/mol. The highest BCUT2D eigenvalue weighted by Gasteiger charge is 2.23. The van der Waals surface area contributed by atoms with Gasteiger partial charge in [0.15, 0.2) is 0 Å². The average molecular weight is 320 g/mol. The van der Waals surface area contributed by atoms with Gasteiger partial charge in [0, 0.05) is 17.6 Å². The van der Waals surface area contributed by atoms with Crippen molar-refractivity contribution in [3.63, 3.8) is 0 Å². The Morgan fingerprint density at radius 3 is 2.70 bits per heavy atom. The number of aliphatic hydroxyl groups excluding tert-OH is 1. The fourth-order valence-corrected chi connectivity index (χ4v) is 3.28. The maximum absolute atomic E-state index is 13.5. The largest absolute Gasteiger partial charge is 0.393 e. The molecule has 0 spiro atoms. The Labute approximate surface area is 129 Å². The van der Waals surface area contributed by atoms with Crippen LogP contribution in [0.5, 0.6) is 0 Å². The molecule has 0 aliphatic heterocycles.